The lowest BCUT2D eigenvalue weighted by Gasteiger charge is -2.36. The molecule has 82 valence electrons. The van der Waals surface area contributed by atoms with Gasteiger partial charge in [-0.1, -0.05) is 60.4 Å². The van der Waals surface area contributed by atoms with Crippen LogP contribution < -0.4 is 0 Å². The van der Waals surface area contributed by atoms with Gasteiger partial charge in [-0.3, -0.25) is 0 Å². The fourth-order valence-corrected chi connectivity index (χ4v) is 2.95. The van der Waals surface area contributed by atoms with Crippen LogP contribution in [0.5, 0.6) is 0 Å². The second-order valence-corrected chi connectivity index (χ2v) is 5.55. The Kier molecular flexibility index (Phi) is 2.20. The molecule has 3 aliphatic rings. The van der Waals surface area contributed by atoms with Crippen LogP contribution in [0.3, 0.4) is 0 Å². The summed E-state index contributed by atoms with van der Waals surface area (Å²) in [6, 6.07) is 0. The molecule has 0 heteroatoms. The molecule has 0 fully saturated rings. The lowest BCUT2D eigenvalue weighted by molar-refractivity contribution is 0.537. The molecule has 0 aromatic rings. The van der Waals surface area contributed by atoms with Gasteiger partial charge in [0.05, 0.1) is 0 Å². The van der Waals surface area contributed by atoms with Crippen LogP contribution in [0.25, 0.3) is 0 Å². The Balaban J connectivity index is 1.93. The van der Waals surface area contributed by atoms with Gasteiger partial charge in [-0.15, -0.1) is 0 Å². The standard InChI is InChI=1S/C16H18/c1-16(2)9-5-8-14-10-12-6-3-4-7-13(12)11-15(14)16/h3-5,9H,6-8,11H2,1-2H3. The van der Waals surface area contributed by atoms with Gasteiger partial charge in [-0.25, -0.2) is 0 Å². The Labute approximate surface area is 98.4 Å². The zero-order valence-electron chi connectivity index (χ0n) is 10.1. The topological polar surface area (TPSA) is 0 Å². The highest BCUT2D eigenvalue weighted by atomic mass is 14.3. The summed E-state index contributed by atoms with van der Waals surface area (Å²) in [5, 5.41) is 0. The molecule has 0 unspecified atom stereocenters. The normalized spacial score (nSPS) is 26.9. The van der Waals surface area contributed by atoms with E-state index in [1.165, 1.54) is 17.6 Å². The highest BCUT2D eigenvalue weighted by Gasteiger charge is 2.31. The van der Waals surface area contributed by atoms with Gasteiger partial charge in [0.2, 0.25) is 0 Å². The molecular formula is C16H18. The third kappa shape index (κ3) is 1.52. The van der Waals surface area contributed by atoms with Crippen LogP contribution >= 0.6 is 0 Å². The highest BCUT2D eigenvalue weighted by molar-refractivity contribution is 5.51. The highest BCUT2D eigenvalue weighted by Crippen LogP contribution is 2.46. The van der Waals surface area contributed by atoms with Crippen molar-refractivity contribution in [2.45, 2.75) is 39.5 Å². The molecule has 0 spiro atoms. The van der Waals surface area contributed by atoms with Gasteiger partial charge in [-0.2, -0.15) is 0 Å². The van der Waals surface area contributed by atoms with Crippen molar-refractivity contribution < 1.29 is 0 Å². The summed E-state index contributed by atoms with van der Waals surface area (Å²) in [5.41, 5.74) is 6.36. The monoisotopic (exact) mass is 210 g/mol. The number of hydrogen-bond donors (Lipinski definition) is 0. The van der Waals surface area contributed by atoms with Crippen LogP contribution in [0.4, 0.5) is 0 Å². The van der Waals surface area contributed by atoms with E-state index in [2.05, 4.69) is 44.6 Å². The van der Waals surface area contributed by atoms with Crippen molar-refractivity contribution in [3.63, 3.8) is 0 Å². The van der Waals surface area contributed by atoms with Crippen molar-refractivity contribution in [3.05, 3.63) is 53.0 Å². The minimum atomic E-state index is 0.236. The van der Waals surface area contributed by atoms with Crippen LogP contribution in [0, 0.1) is 11.8 Å². The van der Waals surface area contributed by atoms with Crippen molar-refractivity contribution >= 4 is 0 Å². The minimum Gasteiger partial charge on any atom is -0.0841 e. The Hall–Kier alpha value is -1.04. The van der Waals surface area contributed by atoms with Crippen molar-refractivity contribution in [2.24, 2.45) is 5.41 Å². The van der Waals surface area contributed by atoms with Gasteiger partial charge in [-0.05, 0) is 25.7 Å². The van der Waals surface area contributed by atoms with Crippen LogP contribution in [0.2, 0.25) is 0 Å². The first-order valence-electron chi connectivity index (χ1n) is 6.20. The van der Waals surface area contributed by atoms with Crippen LogP contribution in [0.1, 0.15) is 39.5 Å². The molecule has 0 amide bonds. The largest absolute Gasteiger partial charge is 0.0841 e. The molecule has 2 radical (unpaired) electrons. The van der Waals surface area contributed by atoms with E-state index in [1.54, 1.807) is 11.1 Å². The Morgan fingerprint density at radius 2 is 1.75 bits per heavy atom. The Morgan fingerprint density at radius 3 is 2.62 bits per heavy atom. The van der Waals surface area contributed by atoms with E-state index in [4.69, 9.17) is 0 Å². The van der Waals surface area contributed by atoms with E-state index in [0.29, 0.717) is 0 Å². The fourth-order valence-electron chi connectivity index (χ4n) is 2.95. The maximum absolute atomic E-state index is 3.67. The van der Waals surface area contributed by atoms with Crippen LogP contribution in [-0.4, -0.2) is 0 Å². The zero-order chi connectivity index (χ0) is 11.2. The van der Waals surface area contributed by atoms with Gasteiger partial charge in [0.25, 0.3) is 0 Å². The number of rotatable bonds is 0. The van der Waals surface area contributed by atoms with E-state index in [9.17, 15) is 0 Å². The van der Waals surface area contributed by atoms with Crippen LogP contribution in [0.15, 0.2) is 46.6 Å². The molecule has 0 atom stereocenters. The third-order valence-electron chi connectivity index (χ3n) is 3.97. The van der Waals surface area contributed by atoms with E-state index >= 15 is 0 Å². The SMILES string of the molecule is CC1(C)C=CCC2=C1CC1=C([C]2)CC=CC1. The average molecular weight is 210 g/mol. The first-order chi connectivity index (χ1) is 7.67. The van der Waals surface area contributed by atoms with Gasteiger partial charge < -0.3 is 0 Å². The fraction of sp³-hybridized carbons (Fsp3) is 0.438. The molecule has 3 aliphatic carbocycles. The quantitative estimate of drug-likeness (QED) is 0.520. The van der Waals surface area contributed by atoms with Crippen molar-refractivity contribution in [1.82, 2.24) is 0 Å². The maximum Gasteiger partial charge on any atom is 0.0419 e. The first kappa shape index (κ1) is 10.1. The predicted octanol–water partition coefficient (Wildman–Crippen LogP) is 4.40. The van der Waals surface area contributed by atoms with Crippen molar-refractivity contribution in [3.8, 4) is 0 Å². The smallest absolute Gasteiger partial charge is 0.0419 e. The van der Waals surface area contributed by atoms with E-state index in [-0.39, 0.29) is 5.41 Å². The minimum absolute atomic E-state index is 0.236. The predicted molar refractivity (Wildman–Crippen MR) is 67.8 cm³/mol. The Morgan fingerprint density at radius 1 is 1.00 bits per heavy atom. The second-order valence-electron chi connectivity index (χ2n) is 5.55. The van der Waals surface area contributed by atoms with E-state index in [1.807, 2.05) is 0 Å². The molecule has 0 saturated carbocycles. The first-order valence-corrected chi connectivity index (χ1v) is 6.20. The summed E-state index contributed by atoms with van der Waals surface area (Å²) in [5.74, 6) is 0. The Bertz CT molecular complexity index is 439. The lowest BCUT2D eigenvalue weighted by atomic mass is 9.68. The summed E-state index contributed by atoms with van der Waals surface area (Å²) in [6.07, 6.45) is 17.4. The molecule has 0 aliphatic heterocycles. The molecule has 0 nitrogen and oxygen atoms in total. The molecule has 16 heavy (non-hydrogen) atoms. The molecule has 0 saturated heterocycles. The molecular weight excluding hydrogens is 192 g/mol. The summed E-state index contributed by atoms with van der Waals surface area (Å²) in [7, 11) is 0. The molecule has 0 bridgehead atoms. The van der Waals surface area contributed by atoms with E-state index < -0.39 is 0 Å². The lowest BCUT2D eigenvalue weighted by Crippen LogP contribution is -2.21. The molecule has 0 aromatic carbocycles. The van der Waals surface area contributed by atoms with Gasteiger partial charge in [0.15, 0.2) is 0 Å². The van der Waals surface area contributed by atoms with Crippen molar-refractivity contribution in [1.29, 1.82) is 0 Å². The van der Waals surface area contributed by atoms with Gasteiger partial charge in [0.1, 0.15) is 0 Å². The number of allylic oxidation sites excluding steroid dienone is 8. The molecule has 0 N–H and O–H groups in total. The zero-order valence-corrected chi connectivity index (χ0v) is 10.1. The summed E-state index contributed by atoms with van der Waals surface area (Å²) in [6.45, 7) is 4.65. The van der Waals surface area contributed by atoms with Gasteiger partial charge in [0, 0.05) is 11.8 Å². The average Bonchev–Trinajstić information content (AvgIpc) is 2.27. The third-order valence-corrected chi connectivity index (χ3v) is 3.97. The van der Waals surface area contributed by atoms with Crippen LogP contribution in [-0.2, 0) is 0 Å². The molecule has 0 heterocycles. The molecule has 3 rings (SSSR count). The summed E-state index contributed by atoms with van der Waals surface area (Å²) < 4.78 is 0. The number of hydrogen-bond acceptors (Lipinski definition) is 0. The second kappa shape index (κ2) is 3.48. The maximum atomic E-state index is 3.67. The van der Waals surface area contributed by atoms with Gasteiger partial charge >= 0.3 is 0 Å². The summed E-state index contributed by atoms with van der Waals surface area (Å²) in [4.78, 5) is 0. The summed E-state index contributed by atoms with van der Waals surface area (Å²) >= 11 is 0. The van der Waals surface area contributed by atoms with Crippen molar-refractivity contribution in [2.75, 3.05) is 0 Å². The van der Waals surface area contributed by atoms with E-state index in [0.717, 1.165) is 19.3 Å². The molecule has 0 aromatic heterocycles.